The number of halogens is 2. The third kappa shape index (κ3) is 3.68. The van der Waals surface area contributed by atoms with E-state index in [0.717, 1.165) is 0 Å². The molecule has 24 heavy (non-hydrogen) atoms. The first-order valence-electron chi connectivity index (χ1n) is 7.07. The molecule has 0 N–H and O–H groups in total. The normalized spacial score (nSPS) is 10.9. The summed E-state index contributed by atoms with van der Waals surface area (Å²) < 4.78 is 2.89. The van der Waals surface area contributed by atoms with Gasteiger partial charge in [0.05, 0.1) is 22.4 Å². The van der Waals surface area contributed by atoms with Crippen molar-refractivity contribution in [2.75, 3.05) is 7.05 Å². The fourth-order valence-electron chi connectivity index (χ4n) is 2.05. The molecule has 0 radical (unpaired) electrons. The summed E-state index contributed by atoms with van der Waals surface area (Å²) in [6.45, 7) is 4.23. The molecule has 2 heterocycles. The van der Waals surface area contributed by atoms with Crippen molar-refractivity contribution >= 4 is 34.9 Å². The summed E-state index contributed by atoms with van der Waals surface area (Å²) in [5, 5.41) is 19.3. The van der Waals surface area contributed by atoms with Crippen molar-refractivity contribution in [2.24, 2.45) is 0 Å². The number of rotatable bonds is 6. The molecule has 2 aromatic heterocycles. The Kier molecular flexibility index (Phi) is 5.45. The van der Waals surface area contributed by atoms with Gasteiger partial charge in [-0.1, -0.05) is 23.2 Å². The van der Waals surface area contributed by atoms with Crippen molar-refractivity contribution in [2.45, 2.75) is 33.5 Å². The van der Waals surface area contributed by atoms with Gasteiger partial charge in [0.15, 0.2) is 5.02 Å². The van der Waals surface area contributed by atoms with E-state index in [1.807, 2.05) is 6.92 Å². The number of nitro groups is 1. The molecule has 130 valence electrons. The lowest BCUT2D eigenvalue weighted by Crippen LogP contribution is -2.30. The largest absolute Gasteiger partial charge is 0.408 e. The Bertz CT molecular complexity index is 785. The summed E-state index contributed by atoms with van der Waals surface area (Å²) in [5.74, 6) is -0.761. The van der Waals surface area contributed by atoms with Gasteiger partial charge in [0.25, 0.3) is 0 Å². The second kappa shape index (κ2) is 7.18. The Hall–Kier alpha value is -2.13. The molecule has 0 saturated heterocycles. The van der Waals surface area contributed by atoms with Crippen LogP contribution in [0.4, 0.5) is 5.82 Å². The minimum Gasteiger partial charge on any atom is -0.358 e. The smallest absolute Gasteiger partial charge is 0.358 e. The van der Waals surface area contributed by atoms with Crippen LogP contribution < -0.4 is 0 Å². The van der Waals surface area contributed by atoms with Crippen LogP contribution in [-0.4, -0.2) is 42.3 Å². The van der Waals surface area contributed by atoms with Crippen LogP contribution in [0.2, 0.25) is 10.0 Å². The van der Waals surface area contributed by atoms with Gasteiger partial charge in [-0.25, -0.2) is 0 Å². The Morgan fingerprint density at radius 2 is 2.08 bits per heavy atom. The van der Waals surface area contributed by atoms with E-state index in [0.29, 0.717) is 23.0 Å². The topological polar surface area (TPSA) is 99.1 Å². The summed E-state index contributed by atoms with van der Waals surface area (Å²) >= 11 is 11.9. The van der Waals surface area contributed by atoms with E-state index < -0.39 is 10.7 Å². The molecule has 1 amide bonds. The zero-order valence-corrected chi connectivity index (χ0v) is 14.9. The predicted molar refractivity (Wildman–Crippen MR) is 88.0 cm³/mol. The summed E-state index contributed by atoms with van der Waals surface area (Å²) in [7, 11) is 1.60. The highest BCUT2D eigenvalue weighted by molar-refractivity contribution is 6.33. The van der Waals surface area contributed by atoms with Crippen LogP contribution >= 0.6 is 23.2 Å². The lowest BCUT2D eigenvalue weighted by molar-refractivity contribution is -0.389. The Morgan fingerprint density at radius 3 is 2.58 bits per heavy atom. The van der Waals surface area contributed by atoms with Gasteiger partial charge in [0.1, 0.15) is 12.2 Å². The maximum absolute atomic E-state index is 12.3. The third-order valence-electron chi connectivity index (χ3n) is 3.50. The molecule has 2 rings (SSSR count). The number of carbonyl (C=O) groups is 1. The molecule has 0 bridgehead atoms. The highest BCUT2D eigenvalue weighted by atomic mass is 35.5. The number of amides is 1. The number of aryl methyl sites for hydroxylation is 1. The molecular formula is C13H16Cl2N6O3. The fraction of sp³-hybridized carbons (Fsp3) is 0.462. The van der Waals surface area contributed by atoms with E-state index in [2.05, 4.69) is 10.2 Å². The number of hydrogen-bond donors (Lipinski definition) is 0. The van der Waals surface area contributed by atoms with Crippen molar-refractivity contribution in [3.05, 3.63) is 37.7 Å². The van der Waals surface area contributed by atoms with Crippen LogP contribution in [0.1, 0.15) is 18.3 Å². The molecule has 0 fully saturated rings. The highest BCUT2D eigenvalue weighted by Gasteiger charge is 2.26. The Balaban J connectivity index is 2.10. The number of aromatic nitrogens is 4. The van der Waals surface area contributed by atoms with Gasteiger partial charge in [0.2, 0.25) is 5.91 Å². The van der Waals surface area contributed by atoms with Gasteiger partial charge >= 0.3 is 5.82 Å². The summed E-state index contributed by atoms with van der Waals surface area (Å²) in [4.78, 5) is 23.9. The Morgan fingerprint density at radius 1 is 1.42 bits per heavy atom. The van der Waals surface area contributed by atoms with E-state index in [9.17, 15) is 14.9 Å². The number of likely N-dealkylation sites (N-methyl/N-ethyl adjacent to an activating group) is 1. The molecule has 0 atom stereocenters. The minimum absolute atomic E-state index is 0.0693. The summed E-state index contributed by atoms with van der Waals surface area (Å²) in [5.41, 5.74) is 0.939. The maximum atomic E-state index is 12.3. The molecule has 0 aromatic carbocycles. The molecule has 0 aliphatic rings. The van der Waals surface area contributed by atoms with Crippen LogP contribution in [-0.2, 0) is 24.4 Å². The standard InChI is InChI=1S/C13H16Cl2N6O3/c1-4-19-5-9(14)10(16-19)6-18(3)11(22)7-20-8(2)12(15)13(17-20)21(23)24/h5H,4,6-7H2,1-3H3. The van der Waals surface area contributed by atoms with Crippen molar-refractivity contribution in [1.82, 2.24) is 24.5 Å². The zero-order chi connectivity index (χ0) is 18.0. The molecule has 0 aliphatic heterocycles. The molecule has 9 nitrogen and oxygen atoms in total. The van der Waals surface area contributed by atoms with Crippen LogP contribution in [0.5, 0.6) is 0 Å². The predicted octanol–water partition coefficient (Wildman–Crippen LogP) is 2.28. The van der Waals surface area contributed by atoms with Gasteiger partial charge < -0.3 is 15.0 Å². The molecular weight excluding hydrogens is 359 g/mol. The van der Waals surface area contributed by atoms with Gasteiger partial charge in [-0.05, 0) is 18.8 Å². The molecule has 0 unspecified atom stereocenters. The van der Waals surface area contributed by atoms with Crippen molar-refractivity contribution in [3.8, 4) is 0 Å². The fourth-order valence-corrected chi connectivity index (χ4v) is 2.46. The van der Waals surface area contributed by atoms with Gasteiger partial charge in [-0.2, -0.15) is 9.78 Å². The van der Waals surface area contributed by atoms with Crippen molar-refractivity contribution < 1.29 is 9.72 Å². The van der Waals surface area contributed by atoms with E-state index in [-0.39, 0.29) is 24.0 Å². The SMILES string of the molecule is CCn1cc(Cl)c(CN(C)C(=O)Cn2nc([N+](=O)[O-])c(Cl)c2C)n1. The van der Waals surface area contributed by atoms with E-state index in [1.54, 1.807) is 24.9 Å². The summed E-state index contributed by atoms with van der Waals surface area (Å²) in [6, 6.07) is 0. The molecule has 0 spiro atoms. The number of hydrogen-bond acceptors (Lipinski definition) is 5. The van der Waals surface area contributed by atoms with Crippen LogP contribution in [0.3, 0.4) is 0 Å². The van der Waals surface area contributed by atoms with Crippen LogP contribution in [0, 0.1) is 17.0 Å². The molecule has 2 aromatic rings. The first-order valence-corrected chi connectivity index (χ1v) is 7.83. The maximum Gasteiger partial charge on any atom is 0.408 e. The van der Waals surface area contributed by atoms with E-state index >= 15 is 0 Å². The van der Waals surface area contributed by atoms with Crippen LogP contribution in [0.25, 0.3) is 0 Å². The summed E-state index contributed by atoms with van der Waals surface area (Å²) in [6.07, 6.45) is 1.69. The quantitative estimate of drug-likeness (QED) is 0.570. The van der Waals surface area contributed by atoms with Gasteiger partial charge in [-0.3, -0.25) is 9.48 Å². The van der Waals surface area contributed by atoms with Crippen molar-refractivity contribution in [3.63, 3.8) is 0 Å². The second-order valence-corrected chi connectivity index (χ2v) is 5.95. The van der Waals surface area contributed by atoms with Gasteiger partial charge in [-0.15, -0.1) is 0 Å². The van der Waals surface area contributed by atoms with E-state index in [4.69, 9.17) is 23.2 Å². The molecule has 0 aliphatic carbocycles. The minimum atomic E-state index is -0.683. The van der Waals surface area contributed by atoms with Crippen LogP contribution in [0.15, 0.2) is 6.20 Å². The molecule has 0 saturated carbocycles. The average Bonchev–Trinajstić information content (AvgIpc) is 3.02. The second-order valence-electron chi connectivity index (χ2n) is 5.17. The first kappa shape index (κ1) is 18.2. The monoisotopic (exact) mass is 374 g/mol. The number of carbonyl (C=O) groups excluding carboxylic acids is 1. The highest BCUT2D eigenvalue weighted by Crippen LogP contribution is 2.26. The van der Waals surface area contributed by atoms with Crippen molar-refractivity contribution in [1.29, 1.82) is 0 Å². The lowest BCUT2D eigenvalue weighted by Gasteiger charge is -2.15. The lowest BCUT2D eigenvalue weighted by atomic mass is 10.4. The number of nitrogens with zero attached hydrogens (tertiary/aromatic N) is 6. The third-order valence-corrected chi connectivity index (χ3v) is 4.26. The average molecular weight is 375 g/mol. The Labute approximate surface area is 147 Å². The zero-order valence-electron chi connectivity index (χ0n) is 13.4. The first-order chi connectivity index (χ1) is 11.2. The molecule has 11 heteroatoms. The van der Waals surface area contributed by atoms with Gasteiger partial charge in [0, 0.05) is 19.8 Å². The van der Waals surface area contributed by atoms with E-state index in [1.165, 1.54) is 9.58 Å².